The molecule has 0 unspecified atom stereocenters. The Morgan fingerprint density at radius 3 is 2.50 bits per heavy atom. The molecule has 0 spiro atoms. The Morgan fingerprint density at radius 1 is 1.27 bits per heavy atom. The number of carboxylic acid groups (broad SMARTS) is 1. The smallest absolute Gasteiger partial charge is 0.435 e. The Hall–Kier alpha value is -3.63. The number of alkyl halides is 3. The first-order valence-corrected chi connectivity index (χ1v) is 8.86. The van der Waals surface area contributed by atoms with Gasteiger partial charge in [0.2, 0.25) is 5.88 Å². The van der Waals surface area contributed by atoms with E-state index < -0.39 is 35.5 Å². The number of aromatic nitrogens is 3. The van der Waals surface area contributed by atoms with Crippen LogP contribution in [-0.2, 0) is 15.7 Å². The number of nitrogens with zero attached hydrogens (tertiary/aromatic N) is 3. The Balaban J connectivity index is 2.05. The van der Waals surface area contributed by atoms with Crippen molar-refractivity contribution in [3.63, 3.8) is 0 Å². The van der Waals surface area contributed by atoms with E-state index in [4.69, 9.17) is 4.74 Å². The summed E-state index contributed by atoms with van der Waals surface area (Å²) in [6, 6.07) is 6.61. The molecule has 1 aliphatic heterocycles. The summed E-state index contributed by atoms with van der Waals surface area (Å²) in [5.74, 6) is -1.35. The lowest BCUT2D eigenvalue weighted by atomic mass is 10.1. The molecule has 0 aliphatic carbocycles. The summed E-state index contributed by atoms with van der Waals surface area (Å²) < 4.78 is 47.1. The van der Waals surface area contributed by atoms with Crippen LogP contribution in [0.2, 0.25) is 0 Å². The van der Waals surface area contributed by atoms with Crippen LogP contribution in [0, 0.1) is 6.92 Å². The maximum atomic E-state index is 13.7. The first-order chi connectivity index (χ1) is 14.1. The van der Waals surface area contributed by atoms with Gasteiger partial charge in [0.1, 0.15) is 11.3 Å². The highest BCUT2D eigenvalue weighted by Crippen LogP contribution is 2.37. The van der Waals surface area contributed by atoms with Crippen molar-refractivity contribution in [2.24, 2.45) is 0 Å². The number of carboxylic acids is 1. The fraction of sp³-hybridized carbons (Fsp3) is 0.263. The lowest BCUT2D eigenvalue weighted by Gasteiger charge is -2.06. The van der Waals surface area contributed by atoms with Crippen molar-refractivity contribution in [3.05, 3.63) is 57.3 Å². The molecule has 3 aromatic rings. The van der Waals surface area contributed by atoms with Gasteiger partial charge in [0.05, 0.1) is 11.3 Å². The van der Waals surface area contributed by atoms with Crippen LogP contribution < -0.4 is 16.1 Å². The minimum Gasteiger partial charge on any atom is -0.480 e. The molecule has 1 fully saturated rings. The summed E-state index contributed by atoms with van der Waals surface area (Å²) in [6.45, 7) is 2.93. The summed E-state index contributed by atoms with van der Waals surface area (Å²) in [5.41, 5.74) is -2.40. The standard InChI is InChI=1S/C19H15F3N4O4/c1-8-11(16-24-13(18(28)29)9(2)30-16)17(27)26-15(23-8)12(10-6-4-3-5-7-10)14(25-26)19(20,21)22/h3-7,9,13,24H,1-2H3,(H,28,29)/t9-,13+/m0/s1. The van der Waals surface area contributed by atoms with Crippen molar-refractivity contribution in [2.45, 2.75) is 32.2 Å². The van der Waals surface area contributed by atoms with Crippen molar-refractivity contribution >= 4 is 17.5 Å². The SMILES string of the molecule is Cc1nc2c(-c3ccccc3)c(C(F)(F)F)nn2c(=O)c1=C1N[C@@H](C(=O)O)[C@H](C)O1. The Bertz CT molecular complexity index is 1270. The van der Waals surface area contributed by atoms with E-state index in [0.29, 0.717) is 4.52 Å². The second-order valence-electron chi connectivity index (χ2n) is 6.81. The first-order valence-electron chi connectivity index (χ1n) is 8.86. The van der Waals surface area contributed by atoms with Crippen molar-refractivity contribution < 1.29 is 27.8 Å². The molecule has 1 aliphatic rings. The fourth-order valence-corrected chi connectivity index (χ4v) is 3.40. The van der Waals surface area contributed by atoms with E-state index in [2.05, 4.69) is 15.4 Å². The van der Waals surface area contributed by atoms with Crippen LogP contribution in [-0.4, -0.2) is 37.8 Å². The number of nitrogens with one attached hydrogen (secondary N) is 1. The number of hydrogen-bond acceptors (Lipinski definition) is 6. The van der Waals surface area contributed by atoms with Crippen LogP contribution in [0.15, 0.2) is 35.1 Å². The van der Waals surface area contributed by atoms with Gasteiger partial charge in [-0.1, -0.05) is 30.3 Å². The number of halogens is 3. The highest BCUT2D eigenvalue weighted by molar-refractivity contribution is 5.80. The summed E-state index contributed by atoms with van der Waals surface area (Å²) in [5, 5.41) is 15.1. The molecule has 4 rings (SSSR count). The van der Waals surface area contributed by atoms with Crippen LogP contribution >= 0.6 is 0 Å². The molecule has 11 heteroatoms. The van der Waals surface area contributed by atoms with Crippen LogP contribution in [0.4, 0.5) is 13.2 Å². The summed E-state index contributed by atoms with van der Waals surface area (Å²) in [6.07, 6.45) is -5.62. The second kappa shape index (κ2) is 6.71. The van der Waals surface area contributed by atoms with Crippen molar-refractivity contribution in [2.75, 3.05) is 0 Å². The largest absolute Gasteiger partial charge is 0.480 e. The van der Waals surface area contributed by atoms with Crippen molar-refractivity contribution in [3.8, 4) is 11.1 Å². The van der Waals surface area contributed by atoms with Gasteiger partial charge in [-0.25, -0.2) is 9.78 Å². The van der Waals surface area contributed by atoms with Gasteiger partial charge in [0.15, 0.2) is 17.4 Å². The van der Waals surface area contributed by atoms with Crippen LogP contribution in [0.25, 0.3) is 22.7 Å². The van der Waals surface area contributed by atoms with Gasteiger partial charge in [-0.05, 0) is 19.4 Å². The molecule has 30 heavy (non-hydrogen) atoms. The topological polar surface area (TPSA) is 106 Å². The van der Waals surface area contributed by atoms with Gasteiger partial charge in [-0.3, -0.25) is 4.79 Å². The van der Waals surface area contributed by atoms with Gasteiger partial charge in [0, 0.05) is 0 Å². The third kappa shape index (κ3) is 3.02. The summed E-state index contributed by atoms with van der Waals surface area (Å²) in [4.78, 5) is 28.5. The van der Waals surface area contributed by atoms with E-state index in [0.717, 1.165) is 0 Å². The van der Waals surface area contributed by atoms with E-state index in [1.54, 1.807) is 18.2 Å². The maximum absolute atomic E-state index is 13.7. The Morgan fingerprint density at radius 2 is 1.93 bits per heavy atom. The summed E-state index contributed by atoms with van der Waals surface area (Å²) >= 11 is 0. The highest BCUT2D eigenvalue weighted by Gasteiger charge is 2.40. The second-order valence-corrected chi connectivity index (χ2v) is 6.81. The molecule has 8 nitrogen and oxygen atoms in total. The molecule has 0 bridgehead atoms. The van der Waals surface area contributed by atoms with Crippen LogP contribution in [0.3, 0.4) is 0 Å². The average molecular weight is 420 g/mol. The van der Waals surface area contributed by atoms with Gasteiger partial charge in [0.25, 0.3) is 5.56 Å². The molecule has 0 amide bonds. The van der Waals surface area contributed by atoms with E-state index >= 15 is 0 Å². The van der Waals surface area contributed by atoms with Crippen LogP contribution in [0.5, 0.6) is 0 Å². The minimum atomic E-state index is -4.82. The van der Waals surface area contributed by atoms with Crippen molar-refractivity contribution in [1.29, 1.82) is 0 Å². The molecule has 1 saturated heterocycles. The quantitative estimate of drug-likeness (QED) is 0.644. The zero-order valence-corrected chi connectivity index (χ0v) is 15.7. The number of aliphatic carboxylic acids is 1. The number of aryl methyl sites for hydroxylation is 1. The lowest BCUT2D eigenvalue weighted by molar-refractivity contribution is -0.141. The van der Waals surface area contributed by atoms with Gasteiger partial charge >= 0.3 is 12.1 Å². The Kier molecular flexibility index (Phi) is 4.40. The number of fused-ring (bicyclic) bond motifs is 1. The average Bonchev–Trinajstić information content (AvgIpc) is 3.23. The number of benzene rings is 1. The third-order valence-corrected chi connectivity index (χ3v) is 4.79. The summed E-state index contributed by atoms with van der Waals surface area (Å²) in [7, 11) is 0. The minimum absolute atomic E-state index is 0.0824. The molecule has 3 heterocycles. The van der Waals surface area contributed by atoms with Gasteiger partial charge in [-0.2, -0.15) is 22.8 Å². The molecule has 0 radical (unpaired) electrons. The number of hydrogen-bond donors (Lipinski definition) is 2. The van der Waals surface area contributed by atoms with Gasteiger partial charge in [-0.15, -0.1) is 0 Å². The zero-order chi connectivity index (χ0) is 21.8. The Labute approximate surface area is 166 Å². The molecular weight excluding hydrogens is 405 g/mol. The predicted octanol–water partition coefficient (Wildman–Crippen LogP) is 1.33. The van der Waals surface area contributed by atoms with E-state index in [1.165, 1.54) is 26.0 Å². The maximum Gasteiger partial charge on any atom is 0.435 e. The van der Waals surface area contributed by atoms with Crippen molar-refractivity contribution in [1.82, 2.24) is 19.9 Å². The number of ether oxygens (including phenoxy) is 1. The lowest BCUT2D eigenvalue weighted by Crippen LogP contribution is -2.41. The third-order valence-electron chi connectivity index (χ3n) is 4.79. The predicted molar refractivity (Wildman–Crippen MR) is 98.2 cm³/mol. The number of carbonyl (C=O) groups is 1. The van der Waals surface area contributed by atoms with E-state index in [-0.39, 0.29) is 33.6 Å². The van der Waals surface area contributed by atoms with Crippen LogP contribution in [0.1, 0.15) is 18.3 Å². The number of rotatable bonds is 2. The molecule has 2 N–H and O–H groups in total. The molecule has 0 saturated carbocycles. The first kappa shape index (κ1) is 19.7. The molecule has 1 aromatic carbocycles. The normalized spacial score (nSPS) is 20.8. The zero-order valence-electron chi connectivity index (χ0n) is 15.7. The monoisotopic (exact) mass is 420 g/mol. The molecule has 2 atom stereocenters. The highest BCUT2D eigenvalue weighted by atomic mass is 19.4. The van der Waals surface area contributed by atoms with E-state index in [1.807, 2.05) is 0 Å². The molecule has 2 aromatic heterocycles. The molecular formula is C19H15F3N4O4. The molecule has 156 valence electrons. The van der Waals surface area contributed by atoms with Gasteiger partial charge < -0.3 is 15.2 Å². The fourth-order valence-electron chi connectivity index (χ4n) is 3.40. The van der Waals surface area contributed by atoms with E-state index in [9.17, 15) is 27.9 Å².